The smallest absolute Gasteiger partial charge is 0.179 e. The number of anilines is 2. The van der Waals surface area contributed by atoms with Gasteiger partial charge >= 0.3 is 0 Å². The predicted molar refractivity (Wildman–Crippen MR) is 107 cm³/mol. The van der Waals surface area contributed by atoms with E-state index in [0.717, 1.165) is 61.1 Å². The van der Waals surface area contributed by atoms with Crippen LogP contribution in [0.4, 0.5) is 11.6 Å². The van der Waals surface area contributed by atoms with Crippen LogP contribution in [0.1, 0.15) is 18.4 Å². The van der Waals surface area contributed by atoms with E-state index in [-0.39, 0.29) is 0 Å². The highest BCUT2D eigenvalue weighted by Gasteiger charge is 2.19. The molecule has 0 bridgehead atoms. The van der Waals surface area contributed by atoms with Gasteiger partial charge in [0.1, 0.15) is 22.2 Å². The molecule has 0 spiro atoms. The molecular formula is C19H21N7S. The zero-order valence-electron chi connectivity index (χ0n) is 14.9. The molecule has 3 aromatic heterocycles. The predicted octanol–water partition coefficient (Wildman–Crippen LogP) is 2.47. The molecule has 0 aliphatic carbocycles. The van der Waals surface area contributed by atoms with Gasteiger partial charge in [0.25, 0.3) is 0 Å². The summed E-state index contributed by atoms with van der Waals surface area (Å²) < 4.78 is 0. The highest BCUT2D eigenvalue weighted by atomic mass is 32.2. The molecule has 138 valence electrons. The van der Waals surface area contributed by atoms with Crippen molar-refractivity contribution in [2.75, 3.05) is 29.9 Å². The van der Waals surface area contributed by atoms with Crippen LogP contribution in [-0.4, -0.2) is 45.6 Å². The van der Waals surface area contributed by atoms with Crippen molar-refractivity contribution in [2.45, 2.75) is 35.2 Å². The summed E-state index contributed by atoms with van der Waals surface area (Å²) in [5, 5.41) is 4.24. The Morgan fingerprint density at radius 1 is 1.11 bits per heavy atom. The maximum absolute atomic E-state index is 6.00. The monoisotopic (exact) mass is 379 g/mol. The van der Waals surface area contributed by atoms with Gasteiger partial charge in [0, 0.05) is 42.3 Å². The molecule has 0 amide bonds. The summed E-state index contributed by atoms with van der Waals surface area (Å²) >= 11 is 1.66. The van der Waals surface area contributed by atoms with Gasteiger partial charge in [-0.2, -0.15) is 0 Å². The number of fused-ring (bicyclic) bond motifs is 2. The summed E-state index contributed by atoms with van der Waals surface area (Å²) in [5.41, 5.74) is 8.78. The number of hydrogen-bond acceptors (Lipinski definition) is 8. The second-order valence-electron chi connectivity index (χ2n) is 6.96. The molecule has 0 atom stereocenters. The zero-order valence-corrected chi connectivity index (χ0v) is 15.7. The summed E-state index contributed by atoms with van der Waals surface area (Å²) in [5.74, 6) is 1.90. The molecule has 27 heavy (non-hydrogen) atoms. The van der Waals surface area contributed by atoms with Crippen molar-refractivity contribution < 1.29 is 0 Å². The summed E-state index contributed by atoms with van der Waals surface area (Å²) in [6.45, 7) is 2.81. The standard InChI is InChI=1S/C19H21N7S/c20-12-5-9-26(10-6-12)16-11-23-19-14(24-16)1-2-17(25-19)27-15-4-8-22-18-13(15)3-7-21-18/h1-2,4,8,11-12H,3,5-7,9-10,20H2,(H,21,22). The number of nitrogens with one attached hydrogen (secondary N) is 1. The topological polar surface area (TPSA) is 92.9 Å². The number of nitrogens with two attached hydrogens (primary N) is 1. The molecule has 1 fully saturated rings. The first-order valence-corrected chi connectivity index (χ1v) is 10.1. The van der Waals surface area contributed by atoms with E-state index in [2.05, 4.69) is 26.3 Å². The van der Waals surface area contributed by atoms with Crippen molar-refractivity contribution in [2.24, 2.45) is 5.73 Å². The molecule has 5 heterocycles. The number of piperidine rings is 1. The van der Waals surface area contributed by atoms with Crippen LogP contribution < -0.4 is 16.0 Å². The molecule has 0 radical (unpaired) electrons. The summed E-state index contributed by atoms with van der Waals surface area (Å²) in [6.07, 6.45) is 6.67. The first-order valence-electron chi connectivity index (χ1n) is 9.30. The molecule has 0 unspecified atom stereocenters. The Hall–Kier alpha value is -2.45. The fraction of sp³-hybridized carbons (Fsp3) is 0.368. The lowest BCUT2D eigenvalue weighted by molar-refractivity contribution is 0.498. The van der Waals surface area contributed by atoms with Crippen LogP contribution in [-0.2, 0) is 6.42 Å². The van der Waals surface area contributed by atoms with Crippen molar-refractivity contribution in [1.29, 1.82) is 0 Å². The van der Waals surface area contributed by atoms with Crippen molar-refractivity contribution in [1.82, 2.24) is 19.9 Å². The van der Waals surface area contributed by atoms with E-state index >= 15 is 0 Å². The molecule has 0 saturated carbocycles. The molecule has 7 nitrogen and oxygen atoms in total. The maximum atomic E-state index is 6.00. The van der Waals surface area contributed by atoms with Crippen LogP contribution in [0, 0.1) is 0 Å². The fourth-order valence-electron chi connectivity index (χ4n) is 3.60. The van der Waals surface area contributed by atoms with E-state index in [0.29, 0.717) is 11.7 Å². The Morgan fingerprint density at radius 3 is 2.89 bits per heavy atom. The van der Waals surface area contributed by atoms with E-state index in [1.807, 2.05) is 24.5 Å². The molecular weight excluding hydrogens is 358 g/mol. The quantitative estimate of drug-likeness (QED) is 0.717. The Kier molecular flexibility index (Phi) is 4.29. The van der Waals surface area contributed by atoms with Gasteiger partial charge in [0.2, 0.25) is 0 Å². The average molecular weight is 379 g/mol. The van der Waals surface area contributed by atoms with Gasteiger partial charge in [-0.15, -0.1) is 0 Å². The van der Waals surface area contributed by atoms with Crippen molar-refractivity contribution in [3.63, 3.8) is 0 Å². The van der Waals surface area contributed by atoms with Crippen LogP contribution in [0.3, 0.4) is 0 Å². The van der Waals surface area contributed by atoms with Crippen LogP contribution in [0.25, 0.3) is 11.2 Å². The largest absolute Gasteiger partial charge is 0.369 e. The molecule has 1 saturated heterocycles. The number of nitrogens with zero attached hydrogens (tertiary/aromatic N) is 5. The maximum Gasteiger partial charge on any atom is 0.179 e. The number of aromatic nitrogens is 4. The van der Waals surface area contributed by atoms with E-state index in [1.165, 1.54) is 10.5 Å². The van der Waals surface area contributed by atoms with Gasteiger partial charge in [-0.3, -0.25) is 0 Å². The molecule has 0 aromatic carbocycles. The lowest BCUT2D eigenvalue weighted by Crippen LogP contribution is -2.40. The Morgan fingerprint density at radius 2 is 2.00 bits per heavy atom. The minimum Gasteiger partial charge on any atom is -0.369 e. The van der Waals surface area contributed by atoms with Gasteiger partial charge in [0.15, 0.2) is 5.65 Å². The normalized spacial score (nSPS) is 17.1. The zero-order chi connectivity index (χ0) is 18.2. The third-order valence-electron chi connectivity index (χ3n) is 5.12. The highest BCUT2D eigenvalue weighted by molar-refractivity contribution is 7.99. The third-order valence-corrected chi connectivity index (χ3v) is 6.16. The Balaban J connectivity index is 1.40. The van der Waals surface area contributed by atoms with E-state index in [4.69, 9.17) is 15.7 Å². The number of hydrogen-bond donors (Lipinski definition) is 2. The van der Waals surface area contributed by atoms with Crippen LogP contribution in [0.5, 0.6) is 0 Å². The average Bonchev–Trinajstić information content (AvgIpc) is 3.18. The summed E-state index contributed by atoms with van der Waals surface area (Å²) in [7, 11) is 0. The minimum atomic E-state index is 0.306. The Bertz CT molecular complexity index is 985. The molecule has 8 heteroatoms. The third kappa shape index (κ3) is 3.30. The lowest BCUT2D eigenvalue weighted by atomic mass is 10.1. The van der Waals surface area contributed by atoms with Crippen LogP contribution >= 0.6 is 11.8 Å². The van der Waals surface area contributed by atoms with Crippen molar-refractivity contribution in [3.8, 4) is 0 Å². The van der Waals surface area contributed by atoms with Gasteiger partial charge in [0.05, 0.1) is 6.20 Å². The number of rotatable bonds is 3. The molecule has 5 rings (SSSR count). The van der Waals surface area contributed by atoms with Crippen molar-refractivity contribution in [3.05, 3.63) is 36.2 Å². The Labute approximate surface area is 161 Å². The first kappa shape index (κ1) is 16.7. The van der Waals surface area contributed by atoms with Gasteiger partial charge < -0.3 is 16.0 Å². The highest BCUT2D eigenvalue weighted by Crippen LogP contribution is 2.34. The lowest BCUT2D eigenvalue weighted by Gasteiger charge is -2.30. The molecule has 2 aliphatic rings. The van der Waals surface area contributed by atoms with Gasteiger partial charge in [-0.05, 0) is 37.5 Å². The summed E-state index contributed by atoms with van der Waals surface area (Å²) in [6, 6.07) is 6.39. The van der Waals surface area contributed by atoms with E-state index < -0.39 is 0 Å². The SMILES string of the molecule is NC1CCN(c2cnc3nc(Sc4ccnc5c4CCN5)ccc3n2)CC1. The van der Waals surface area contributed by atoms with Crippen LogP contribution in [0.15, 0.2) is 40.5 Å². The molecule has 3 N–H and O–H groups in total. The minimum absolute atomic E-state index is 0.306. The second-order valence-corrected chi connectivity index (χ2v) is 8.02. The van der Waals surface area contributed by atoms with Crippen LogP contribution in [0.2, 0.25) is 0 Å². The van der Waals surface area contributed by atoms with Crippen molar-refractivity contribution >= 4 is 34.6 Å². The van der Waals surface area contributed by atoms with Gasteiger partial charge in [-0.1, -0.05) is 11.8 Å². The number of pyridine rings is 2. The van der Waals surface area contributed by atoms with E-state index in [1.54, 1.807) is 11.8 Å². The van der Waals surface area contributed by atoms with E-state index in [9.17, 15) is 0 Å². The fourth-order valence-corrected chi connectivity index (χ4v) is 4.54. The second kappa shape index (κ2) is 6.94. The first-order chi connectivity index (χ1) is 13.3. The molecule has 3 aromatic rings. The molecule has 2 aliphatic heterocycles. The van der Waals surface area contributed by atoms with Gasteiger partial charge in [-0.25, -0.2) is 19.9 Å². The summed E-state index contributed by atoms with van der Waals surface area (Å²) in [4.78, 5) is 21.9.